The Labute approximate surface area is 32.1 Å². The normalized spacial score (nSPS) is 10.0. The van der Waals surface area contributed by atoms with Crippen LogP contribution in [0.15, 0.2) is 12.0 Å². The summed E-state index contributed by atoms with van der Waals surface area (Å²) in [6, 6.07) is 0. The predicted octanol–water partition coefficient (Wildman–Crippen LogP) is 0.0386. The van der Waals surface area contributed by atoms with E-state index >= 15 is 0 Å². The first kappa shape index (κ1) is 4.85. The Morgan fingerprint density at radius 1 is 1.80 bits per heavy atom. The van der Waals surface area contributed by atoms with Gasteiger partial charge in [0.1, 0.15) is 0 Å². The largest absolute Gasteiger partial charge is 0.428 e. The van der Waals surface area contributed by atoms with Gasteiger partial charge in [-0.3, -0.25) is 0 Å². The molecule has 0 amide bonds. The van der Waals surface area contributed by atoms with Crippen molar-refractivity contribution in [2.24, 2.45) is 0 Å². The summed E-state index contributed by atoms with van der Waals surface area (Å²) in [4.78, 5) is 7.77. The zero-order valence-corrected chi connectivity index (χ0v) is 3.48. The van der Waals surface area contributed by atoms with Gasteiger partial charge in [0.15, 0.2) is 0 Å². The molecule has 0 heterocycles. The summed E-state index contributed by atoms with van der Waals surface area (Å²) in [6.45, 7) is 0. The van der Waals surface area contributed by atoms with Crippen molar-refractivity contribution in [1.29, 1.82) is 0 Å². The molecule has 0 aromatic carbocycles. The maximum atomic E-state index is 10.7. The summed E-state index contributed by atoms with van der Waals surface area (Å²) in [7, 11) is -0.398. The average Bonchev–Trinajstić information content (AvgIpc) is 1.41. The highest BCUT2D eigenvalue weighted by Crippen LogP contribution is 1.62. The highest BCUT2D eigenvalue weighted by Gasteiger charge is 1.62. The van der Waals surface area contributed by atoms with Gasteiger partial charge in [-0.05, 0) is 5.70 Å². The SMILES string of the molecule is O[Si]/C=C/F. The van der Waals surface area contributed by atoms with Crippen molar-refractivity contribution in [3.63, 3.8) is 0 Å². The van der Waals surface area contributed by atoms with Crippen LogP contribution in [0.4, 0.5) is 4.39 Å². The van der Waals surface area contributed by atoms with Crippen LogP contribution in [-0.4, -0.2) is 14.6 Å². The minimum atomic E-state index is -0.398. The molecule has 0 aliphatic rings. The van der Waals surface area contributed by atoms with Gasteiger partial charge in [-0.25, -0.2) is 4.39 Å². The number of hydrogen-bond acceptors (Lipinski definition) is 1. The zero-order chi connectivity index (χ0) is 4.12. The molecule has 1 nitrogen and oxygen atoms in total. The molecule has 0 aromatic heterocycles. The summed E-state index contributed by atoms with van der Waals surface area (Å²) >= 11 is 0. The van der Waals surface area contributed by atoms with Crippen LogP contribution in [0.1, 0.15) is 0 Å². The second-order valence-corrected chi connectivity index (χ2v) is 1.01. The molecule has 0 saturated carbocycles. The molecule has 3 heteroatoms. The van der Waals surface area contributed by atoms with E-state index in [-0.39, 0.29) is 0 Å². The monoisotopic (exact) mass is 90.0 g/mol. The first-order valence-electron chi connectivity index (χ1n) is 1.06. The van der Waals surface area contributed by atoms with E-state index in [1.54, 1.807) is 0 Å². The minimum absolute atomic E-state index is 0.318. The molecular weight excluding hydrogens is 87.1 g/mol. The van der Waals surface area contributed by atoms with Crippen molar-refractivity contribution < 1.29 is 9.19 Å². The summed E-state index contributed by atoms with van der Waals surface area (Å²) in [5.41, 5.74) is 1.04. The van der Waals surface area contributed by atoms with Gasteiger partial charge in [-0.1, -0.05) is 0 Å². The van der Waals surface area contributed by atoms with E-state index in [0.717, 1.165) is 5.70 Å². The minimum Gasteiger partial charge on any atom is -0.428 e. The molecule has 0 spiro atoms. The smallest absolute Gasteiger partial charge is 0.259 e. The van der Waals surface area contributed by atoms with Gasteiger partial charge in [0.25, 0.3) is 9.76 Å². The van der Waals surface area contributed by atoms with E-state index in [0.29, 0.717) is 6.33 Å². The third-order valence-corrected chi connectivity index (χ3v) is 0.413. The van der Waals surface area contributed by atoms with Crippen molar-refractivity contribution in [3.05, 3.63) is 12.0 Å². The first-order chi connectivity index (χ1) is 2.41. The van der Waals surface area contributed by atoms with Crippen LogP contribution in [0.2, 0.25) is 0 Å². The summed E-state index contributed by atoms with van der Waals surface area (Å²) in [5.74, 6) is 0. The highest BCUT2D eigenvalue weighted by molar-refractivity contribution is 6.32. The molecule has 0 aliphatic heterocycles. The second kappa shape index (κ2) is 3.85. The van der Waals surface area contributed by atoms with E-state index in [4.69, 9.17) is 4.80 Å². The standard InChI is InChI=1S/C2H3FOSi/c3-1-2-5-4/h1-2,4H/b2-1+. The molecule has 1 N–H and O–H groups in total. The van der Waals surface area contributed by atoms with Crippen LogP contribution in [0, 0.1) is 0 Å². The molecule has 0 aromatic rings. The lowest BCUT2D eigenvalue weighted by molar-refractivity contribution is 0.612. The van der Waals surface area contributed by atoms with E-state index in [1.807, 2.05) is 0 Å². The summed E-state index contributed by atoms with van der Waals surface area (Å²) < 4.78 is 10.7. The Hall–Kier alpha value is -0.153. The van der Waals surface area contributed by atoms with Crippen LogP contribution in [0.5, 0.6) is 0 Å². The zero-order valence-electron chi connectivity index (χ0n) is 2.48. The quantitative estimate of drug-likeness (QED) is 0.451. The van der Waals surface area contributed by atoms with Crippen LogP contribution in [-0.2, 0) is 0 Å². The number of rotatable bonds is 1. The van der Waals surface area contributed by atoms with Gasteiger partial charge in [0.05, 0.1) is 6.33 Å². The van der Waals surface area contributed by atoms with Gasteiger partial charge in [-0.2, -0.15) is 0 Å². The Balaban J connectivity index is 2.62. The molecular formula is C2H3FOSi. The maximum absolute atomic E-state index is 10.7. The fourth-order valence-electron chi connectivity index (χ4n) is 0.0282. The van der Waals surface area contributed by atoms with Crippen LogP contribution in [0.25, 0.3) is 0 Å². The lowest BCUT2D eigenvalue weighted by Crippen LogP contribution is -1.73. The molecule has 2 radical (unpaired) electrons. The van der Waals surface area contributed by atoms with Gasteiger partial charge < -0.3 is 4.80 Å². The molecule has 28 valence electrons. The van der Waals surface area contributed by atoms with Gasteiger partial charge in [0, 0.05) is 0 Å². The first-order valence-corrected chi connectivity index (χ1v) is 2.09. The van der Waals surface area contributed by atoms with Gasteiger partial charge in [-0.15, -0.1) is 0 Å². The lowest BCUT2D eigenvalue weighted by atomic mass is 11.2. The van der Waals surface area contributed by atoms with Gasteiger partial charge in [0.2, 0.25) is 0 Å². The Morgan fingerprint density at radius 3 is 2.40 bits per heavy atom. The molecule has 0 saturated heterocycles. The van der Waals surface area contributed by atoms with Gasteiger partial charge >= 0.3 is 0 Å². The van der Waals surface area contributed by atoms with Crippen LogP contribution in [0.3, 0.4) is 0 Å². The number of halogens is 1. The molecule has 0 fully saturated rings. The molecule has 0 rings (SSSR count). The van der Waals surface area contributed by atoms with Crippen molar-refractivity contribution in [3.8, 4) is 0 Å². The third-order valence-electron chi connectivity index (χ3n) is 0.138. The molecule has 5 heavy (non-hydrogen) atoms. The van der Waals surface area contributed by atoms with Crippen LogP contribution < -0.4 is 0 Å². The van der Waals surface area contributed by atoms with Crippen LogP contribution >= 0.6 is 0 Å². The van der Waals surface area contributed by atoms with E-state index in [2.05, 4.69) is 0 Å². The van der Waals surface area contributed by atoms with E-state index < -0.39 is 9.76 Å². The highest BCUT2D eigenvalue weighted by atomic mass is 28.2. The fraction of sp³-hybridized carbons (Fsp3) is 0. The average molecular weight is 90.1 g/mol. The molecule has 0 atom stereocenters. The van der Waals surface area contributed by atoms with Crippen molar-refractivity contribution in [2.45, 2.75) is 0 Å². The lowest BCUT2D eigenvalue weighted by Gasteiger charge is -1.59. The summed E-state index contributed by atoms with van der Waals surface area (Å²) in [5, 5.41) is 0. The topological polar surface area (TPSA) is 20.2 Å². The Morgan fingerprint density at radius 2 is 2.40 bits per heavy atom. The van der Waals surface area contributed by atoms with Crippen molar-refractivity contribution >= 4 is 9.76 Å². The fourth-order valence-corrected chi connectivity index (χ4v) is 0.0845. The predicted molar refractivity (Wildman–Crippen MR) is 18.2 cm³/mol. The Bertz CT molecular complexity index is 36.6. The molecule has 0 bridgehead atoms. The number of hydrogen-bond donors (Lipinski definition) is 1. The second-order valence-electron chi connectivity index (χ2n) is 0.422. The molecule has 0 aliphatic carbocycles. The maximum Gasteiger partial charge on any atom is 0.259 e. The third kappa shape index (κ3) is 3.85. The Kier molecular flexibility index (Phi) is 3.73. The summed E-state index contributed by atoms with van der Waals surface area (Å²) in [6.07, 6.45) is 0.318. The van der Waals surface area contributed by atoms with E-state index in [9.17, 15) is 4.39 Å². The van der Waals surface area contributed by atoms with Crippen molar-refractivity contribution in [2.75, 3.05) is 0 Å². The molecule has 0 unspecified atom stereocenters. The van der Waals surface area contributed by atoms with E-state index in [1.165, 1.54) is 0 Å². The van der Waals surface area contributed by atoms with Crippen molar-refractivity contribution in [1.82, 2.24) is 0 Å².